The van der Waals surface area contributed by atoms with Crippen molar-refractivity contribution in [3.05, 3.63) is 89.2 Å². The first-order valence-electron chi connectivity index (χ1n) is 10.1. The summed E-state index contributed by atoms with van der Waals surface area (Å²) in [5.41, 5.74) is 6.77. The Morgan fingerprint density at radius 1 is 0.968 bits per heavy atom. The second kappa shape index (κ2) is 10.0. The molecule has 1 amide bonds. The van der Waals surface area contributed by atoms with E-state index in [4.69, 9.17) is 9.94 Å². The van der Waals surface area contributed by atoms with Crippen LogP contribution in [0.5, 0.6) is 0 Å². The van der Waals surface area contributed by atoms with Crippen LogP contribution in [0.3, 0.4) is 0 Å². The van der Waals surface area contributed by atoms with E-state index in [1.807, 2.05) is 24.3 Å². The van der Waals surface area contributed by atoms with Crippen LogP contribution in [-0.2, 0) is 11.3 Å². The van der Waals surface area contributed by atoms with E-state index in [-0.39, 0.29) is 0 Å². The first kappa shape index (κ1) is 20.8. The predicted molar refractivity (Wildman–Crippen MR) is 117 cm³/mol. The number of morpholine rings is 1. The minimum Gasteiger partial charge on any atom is -0.379 e. The molecule has 1 aliphatic rings. The smallest absolute Gasteiger partial charge is 0.276 e. The third-order valence-corrected chi connectivity index (χ3v) is 5.14. The number of benzene rings is 2. The molecule has 0 atom stereocenters. The van der Waals surface area contributed by atoms with Crippen molar-refractivity contribution >= 4 is 5.91 Å². The average Bonchev–Trinajstić information content (AvgIpc) is 2.84. The van der Waals surface area contributed by atoms with E-state index in [2.05, 4.69) is 46.0 Å². The molecule has 2 aromatic carbocycles. The number of ether oxygens (including phenoxy) is 1. The number of carbonyl (C=O) groups excluding carboxylic acids is 1. The zero-order valence-electron chi connectivity index (χ0n) is 17.0. The Morgan fingerprint density at radius 3 is 2.26 bits per heavy atom. The number of nitrogens with one attached hydrogen (secondary N) is 1. The maximum atomic E-state index is 11.6. The molecule has 0 radical (unpaired) electrons. The second-order valence-corrected chi connectivity index (χ2v) is 7.32. The molecule has 0 spiro atoms. The summed E-state index contributed by atoms with van der Waals surface area (Å²) in [5, 5.41) is 8.78. The quantitative estimate of drug-likeness (QED) is 0.391. The first-order chi connectivity index (χ1) is 15.2. The van der Waals surface area contributed by atoms with E-state index in [1.165, 1.54) is 11.8 Å². The summed E-state index contributed by atoms with van der Waals surface area (Å²) < 4.78 is 5.39. The van der Waals surface area contributed by atoms with Gasteiger partial charge in [-0.2, -0.15) is 0 Å². The van der Waals surface area contributed by atoms with Gasteiger partial charge in [-0.1, -0.05) is 36.1 Å². The summed E-state index contributed by atoms with van der Waals surface area (Å²) in [6.45, 7) is 4.51. The number of amides is 1. The topological polar surface area (TPSA) is 74.7 Å². The van der Waals surface area contributed by atoms with Gasteiger partial charge in [-0.25, -0.2) is 5.48 Å². The van der Waals surface area contributed by atoms with Gasteiger partial charge in [0.15, 0.2) is 0 Å². The standard InChI is InChI=1S/C25H23N3O3/c29-25(27-30)24-15-23(16-26-17-24)22-9-7-20(8-10-22)2-1-19-3-5-21(6-4-19)18-28-11-13-31-14-12-28/h3-10,15-17,30H,11-14,18H2,(H,27,29). The maximum Gasteiger partial charge on any atom is 0.276 e. The summed E-state index contributed by atoms with van der Waals surface area (Å²) in [5.74, 6) is 5.81. The van der Waals surface area contributed by atoms with E-state index in [9.17, 15) is 4.79 Å². The van der Waals surface area contributed by atoms with Crippen molar-refractivity contribution in [1.29, 1.82) is 0 Å². The fourth-order valence-corrected chi connectivity index (χ4v) is 3.39. The summed E-state index contributed by atoms with van der Waals surface area (Å²) in [4.78, 5) is 18.0. The molecule has 2 N–H and O–H groups in total. The molecule has 6 heteroatoms. The number of hydroxylamine groups is 1. The predicted octanol–water partition coefficient (Wildman–Crippen LogP) is 3.10. The van der Waals surface area contributed by atoms with Gasteiger partial charge in [-0.05, 0) is 41.5 Å². The van der Waals surface area contributed by atoms with Gasteiger partial charge >= 0.3 is 0 Å². The van der Waals surface area contributed by atoms with Crippen LogP contribution in [0.15, 0.2) is 67.0 Å². The normalized spacial score (nSPS) is 13.8. The third-order valence-electron chi connectivity index (χ3n) is 5.14. The minimum atomic E-state index is -0.590. The van der Waals surface area contributed by atoms with Crippen LogP contribution in [0.2, 0.25) is 0 Å². The third kappa shape index (κ3) is 5.56. The van der Waals surface area contributed by atoms with Gasteiger partial charge in [0.25, 0.3) is 5.91 Å². The van der Waals surface area contributed by atoms with Gasteiger partial charge in [-0.15, -0.1) is 0 Å². The molecule has 3 aromatic rings. The lowest BCUT2D eigenvalue weighted by Crippen LogP contribution is -2.35. The lowest BCUT2D eigenvalue weighted by atomic mass is 10.0. The summed E-state index contributed by atoms with van der Waals surface area (Å²) in [6.07, 6.45) is 3.08. The van der Waals surface area contributed by atoms with E-state index in [0.717, 1.165) is 55.1 Å². The zero-order chi connectivity index (χ0) is 21.5. The fourth-order valence-electron chi connectivity index (χ4n) is 3.39. The Balaban J connectivity index is 1.41. The first-order valence-corrected chi connectivity index (χ1v) is 10.1. The Labute approximate surface area is 181 Å². The average molecular weight is 413 g/mol. The number of rotatable bonds is 4. The van der Waals surface area contributed by atoms with Crippen molar-refractivity contribution in [1.82, 2.24) is 15.4 Å². The van der Waals surface area contributed by atoms with Gasteiger partial charge in [0.2, 0.25) is 0 Å². The van der Waals surface area contributed by atoms with Crippen LogP contribution in [0, 0.1) is 11.8 Å². The van der Waals surface area contributed by atoms with Gasteiger partial charge < -0.3 is 4.74 Å². The molecular weight excluding hydrogens is 390 g/mol. The molecule has 0 unspecified atom stereocenters. The summed E-state index contributed by atoms with van der Waals surface area (Å²) >= 11 is 0. The second-order valence-electron chi connectivity index (χ2n) is 7.32. The van der Waals surface area contributed by atoms with Gasteiger partial charge in [-0.3, -0.25) is 19.9 Å². The number of aromatic nitrogens is 1. The molecule has 156 valence electrons. The van der Waals surface area contributed by atoms with Crippen molar-refractivity contribution in [3.63, 3.8) is 0 Å². The van der Waals surface area contributed by atoms with E-state index < -0.39 is 5.91 Å². The number of pyridine rings is 1. The zero-order valence-corrected chi connectivity index (χ0v) is 17.0. The van der Waals surface area contributed by atoms with E-state index in [1.54, 1.807) is 17.7 Å². The number of carbonyl (C=O) groups is 1. The molecule has 1 saturated heterocycles. The molecule has 0 saturated carbocycles. The molecular formula is C25H23N3O3. The van der Waals surface area contributed by atoms with Crippen LogP contribution in [-0.4, -0.2) is 47.3 Å². The Bertz CT molecular complexity index is 1090. The SMILES string of the molecule is O=C(NO)c1cncc(-c2ccc(C#Cc3ccc(CN4CCOCC4)cc3)cc2)c1. The van der Waals surface area contributed by atoms with Crippen LogP contribution in [0.25, 0.3) is 11.1 Å². The highest BCUT2D eigenvalue weighted by Crippen LogP contribution is 2.20. The van der Waals surface area contributed by atoms with Gasteiger partial charge in [0.05, 0.1) is 18.8 Å². The highest BCUT2D eigenvalue weighted by Gasteiger charge is 2.10. The van der Waals surface area contributed by atoms with Crippen molar-refractivity contribution in [2.45, 2.75) is 6.54 Å². The molecule has 6 nitrogen and oxygen atoms in total. The highest BCUT2D eigenvalue weighted by molar-refractivity contribution is 5.94. The lowest BCUT2D eigenvalue weighted by Gasteiger charge is -2.26. The Morgan fingerprint density at radius 2 is 1.61 bits per heavy atom. The van der Waals surface area contributed by atoms with E-state index >= 15 is 0 Å². The maximum absolute atomic E-state index is 11.6. The molecule has 0 bridgehead atoms. The number of hydrogen-bond donors (Lipinski definition) is 2. The Hall–Kier alpha value is -3.50. The monoisotopic (exact) mass is 413 g/mol. The fraction of sp³-hybridized carbons (Fsp3) is 0.200. The summed E-state index contributed by atoms with van der Waals surface area (Å²) in [7, 11) is 0. The Kier molecular flexibility index (Phi) is 6.70. The largest absolute Gasteiger partial charge is 0.379 e. The molecule has 1 fully saturated rings. The molecule has 1 aromatic heterocycles. The van der Waals surface area contributed by atoms with Gasteiger partial charge in [0.1, 0.15) is 0 Å². The molecule has 31 heavy (non-hydrogen) atoms. The number of nitrogens with zero attached hydrogens (tertiary/aromatic N) is 2. The van der Waals surface area contributed by atoms with Crippen molar-refractivity contribution < 1.29 is 14.7 Å². The minimum absolute atomic E-state index is 0.293. The molecule has 0 aliphatic carbocycles. The molecule has 4 rings (SSSR count). The highest BCUT2D eigenvalue weighted by atomic mass is 16.5. The lowest BCUT2D eigenvalue weighted by molar-refractivity contribution is 0.0342. The van der Waals surface area contributed by atoms with Crippen molar-refractivity contribution in [3.8, 4) is 23.0 Å². The van der Waals surface area contributed by atoms with Crippen LogP contribution >= 0.6 is 0 Å². The molecule has 2 heterocycles. The van der Waals surface area contributed by atoms with E-state index in [0.29, 0.717) is 5.56 Å². The molecule has 1 aliphatic heterocycles. The van der Waals surface area contributed by atoms with Crippen molar-refractivity contribution in [2.24, 2.45) is 0 Å². The van der Waals surface area contributed by atoms with Crippen LogP contribution < -0.4 is 5.48 Å². The van der Waals surface area contributed by atoms with Crippen molar-refractivity contribution in [2.75, 3.05) is 26.3 Å². The number of hydrogen-bond acceptors (Lipinski definition) is 5. The summed E-state index contributed by atoms with van der Waals surface area (Å²) in [6, 6.07) is 17.8. The van der Waals surface area contributed by atoms with Crippen LogP contribution in [0.4, 0.5) is 0 Å². The van der Waals surface area contributed by atoms with Crippen LogP contribution in [0.1, 0.15) is 27.0 Å². The van der Waals surface area contributed by atoms with Gasteiger partial charge in [0, 0.05) is 48.7 Å².